The van der Waals surface area contributed by atoms with Gasteiger partial charge in [-0.2, -0.15) is 0 Å². The third-order valence-electron chi connectivity index (χ3n) is 2.94. The van der Waals surface area contributed by atoms with Gasteiger partial charge in [-0.25, -0.2) is 4.98 Å². The standard InChI is InChI=1S/C15H20N2O/c1-10(2)16-9-14-17-8-13(18-14)15-11(3)6-5-7-12(15)4/h5-8,10,16H,9H2,1-4H3. The number of hydrogen-bond acceptors (Lipinski definition) is 3. The Hall–Kier alpha value is -1.61. The van der Waals surface area contributed by atoms with Crippen molar-refractivity contribution >= 4 is 0 Å². The number of oxazole rings is 1. The Balaban J connectivity index is 2.24. The maximum atomic E-state index is 5.81. The topological polar surface area (TPSA) is 38.1 Å². The van der Waals surface area contributed by atoms with Crippen molar-refractivity contribution in [3.05, 3.63) is 41.4 Å². The van der Waals surface area contributed by atoms with E-state index in [0.29, 0.717) is 12.6 Å². The highest BCUT2D eigenvalue weighted by molar-refractivity contribution is 5.65. The second kappa shape index (κ2) is 5.36. The van der Waals surface area contributed by atoms with E-state index in [1.54, 1.807) is 0 Å². The van der Waals surface area contributed by atoms with Crippen LogP contribution in [0.15, 0.2) is 28.8 Å². The molecule has 0 radical (unpaired) electrons. The molecule has 3 heteroatoms. The molecule has 0 spiro atoms. The van der Waals surface area contributed by atoms with Crippen molar-refractivity contribution in [2.75, 3.05) is 0 Å². The first kappa shape index (κ1) is 12.8. The summed E-state index contributed by atoms with van der Waals surface area (Å²) in [6.07, 6.45) is 1.81. The number of nitrogens with zero attached hydrogens (tertiary/aromatic N) is 1. The molecular weight excluding hydrogens is 224 g/mol. The molecule has 18 heavy (non-hydrogen) atoms. The Kier molecular flexibility index (Phi) is 3.82. The van der Waals surface area contributed by atoms with Crippen LogP contribution in [0.4, 0.5) is 0 Å². The van der Waals surface area contributed by atoms with E-state index in [9.17, 15) is 0 Å². The fourth-order valence-electron chi connectivity index (χ4n) is 2.00. The van der Waals surface area contributed by atoms with Crippen molar-refractivity contribution in [1.29, 1.82) is 0 Å². The highest BCUT2D eigenvalue weighted by Crippen LogP contribution is 2.27. The largest absolute Gasteiger partial charge is 0.439 e. The predicted octanol–water partition coefficient (Wildman–Crippen LogP) is 3.46. The highest BCUT2D eigenvalue weighted by atomic mass is 16.4. The fraction of sp³-hybridized carbons (Fsp3) is 0.400. The van der Waals surface area contributed by atoms with Gasteiger partial charge < -0.3 is 9.73 Å². The maximum absolute atomic E-state index is 5.81. The third kappa shape index (κ3) is 2.79. The van der Waals surface area contributed by atoms with Gasteiger partial charge in [-0.3, -0.25) is 0 Å². The van der Waals surface area contributed by atoms with E-state index < -0.39 is 0 Å². The molecule has 0 aliphatic carbocycles. The first-order chi connectivity index (χ1) is 8.58. The number of benzene rings is 1. The lowest BCUT2D eigenvalue weighted by molar-refractivity contribution is 0.458. The van der Waals surface area contributed by atoms with Crippen molar-refractivity contribution < 1.29 is 4.42 Å². The molecule has 1 N–H and O–H groups in total. The molecule has 1 aromatic heterocycles. The van der Waals surface area contributed by atoms with Gasteiger partial charge in [0.05, 0.1) is 12.7 Å². The summed E-state index contributed by atoms with van der Waals surface area (Å²) in [5.74, 6) is 1.59. The van der Waals surface area contributed by atoms with Crippen LogP contribution in [0.3, 0.4) is 0 Å². The molecule has 1 heterocycles. The van der Waals surface area contributed by atoms with Gasteiger partial charge >= 0.3 is 0 Å². The second-order valence-corrected chi connectivity index (χ2v) is 4.92. The summed E-state index contributed by atoms with van der Waals surface area (Å²) >= 11 is 0. The van der Waals surface area contributed by atoms with Crippen LogP contribution in [0.2, 0.25) is 0 Å². The Bertz CT molecular complexity index is 509. The molecule has 3 nitrogen and oxygen atoms in total. The van der Waals surface area contributed by atoms with E-state index in [0.717, 1.165) is 17.2 Å². The summed E-state index contributed by atoms with van der Waals surface area (Å²) in [4.78, 5) is 4.32. The first-order valence-electron chi connectivity index (χ1n) is 6.32. The zero-order chi connectivity index (χ0) is 13.1. The van der Waals surface area contributed by atoms with Crippen LogP contribution in [-0.2, 0) is 6.54 Å². The molecule has 2 aromatic rings. The van der Waals surface area contributed by atoms with Crippen LogP contribution in [-0.4, -0.2) is 11.0 Å². The molecule has 0 unspecified atom stereocenters. The molecule has 0 atom stereocenters. The zero-order valence-corrected chi connectivity index (χ0v) is 11.4. The summed E-state index contributed by atoms with van der Waals surface area (Å²) < 4.78 is 5.81. The molecule has 0 saturated carbocycles. The summed E-state index contributed by atoms with van der Waals surface area (Å²) in [6, 6.07) is 6.68. The Morgan fingerprint density at radius 3 is 2.50 bits per heavy atom. The lowest BCUT2D eigenvalue weighted by Gasteiger charge is -2.06. The van der Waals surface area contributed by atoms with Crippen molar-refractivity contribution in [1.82, 2.24) is 10.3 Å². The molecule has 0 aliphatic rings. The SMILES string of the molecule is Cc1cccc(C)c1-c1cnc(CNC(C)C)o1. The molecule has 1 aromatic carbocycles. The quantitative estimate of drug-likeness (QED) is 0.895. The summed E-state index contributed by atoms with van der Waals surface area (Å²) in [5, 5.41) is 3.30. The van der Waals surface area contributed by atoms with Gasteiger partial charge in [0.25, 0.3) is 0 Å². The normalized spacial score (nSPS) is 11.2. The summed E-state index contributed by atoms with van der Waals surface area (Å²) in [7, 11) is 0. The number of nitrogens with one attached hydrogen (secondary N) is 1. The van der Waals surface area contributed by atoms with Crippen molar-refractivity contribution in [2.45, 2.75) is 40.3 Å². The number of aryl methyl sites for hydroxylation is 2. The average molecular weight is 244 g/mol. The van der Waals surface area contributed by atoms with E-state index in [2.05, 4.69) is 56.2 Å². The fourth-order valence-corrected chi connectivity index (χ4v) is 2.00. The van der Waals surface area contributed by atoms with Gasteiger partial charge in [0.15, 0.2) is 5.76 Å². The summed E-state index contributed by atoms with van der Waals surface area (Å²) in [5.41, 5.74) is 3.59. The highest BCUT2D eigenvalue weighted by Gasteiger charge is 2.11. The Morgan fingerprint density at radius 1 is 1.22 bits per heavy atom. The van der Waals surface area contributed by atoms with Crippen molar-refractivity contribution in [3.8, 4) is 11.3 Å². The molecule has 0 saturated heterocycles. The molecule has 96 valence electrons. The van der Waals surface area contributed by atoms with Crippen LogP contribution in [0.5, 0.6) is 0 Å². The minimum Gasteiger partial charge on any atom is -0.439 e. The lowest BCUT2D eigenvalue weighted by Crippen LogP contribution is -2.21. The third-order valence-corrected chi connectivity index (χ3v) is 2.94. The van der Waals surface area contributed by atoms with Crippen molar-refractivity contribution in [2.24, 2.45) is 0 Å². The monoisotopic (exact) mass is 244 g/mol. The lowest BCUT2D eigenvalue weighted by atomic mass is 10.0. The Labute approximate surface area is 108 Å². The van der Waals surface area contributed by atoms with Gasteiger partial charge in [-0.1, -0.05) is 32.0 Å². The minimum atomic E-state index is 0.431. The second-order valence-electron chi connectivity index (χ2n) is 4.92. The van der Waals surface area contributed by atoms with Gasteiger partial charge in [0, 0.05) is 11.6 Å². The van der Waals surface area contributed by atoms with E-state index in [1.807, 2.05) is 6.20 Å². The molecule has 0 amide bonds. The predicted molar refractivity (Wildman–Crippen MR) is 73.4 cm³/mol. The number of hydrogen-bond donors (Lipinski definition) is 1. The number of aromatic nitrogens is 1. The van der Waals surface area contributed by atoms with E-state index in [-0.39, 0.29) is 0 Å². The summed E-state index contributed by atoms with van der Waals surface area (Å²) in [6.45, 7) is 9.07. The van der Waals surface area contributed by atoms with Crippen LogP contribution in [0.25, 0.3) is 11.3 Å². The van der Waals surface area contributed by atoms with E-state index in [1.165, 1.54) is 11.1 Å². The smallest absolute Gasteiger partial charge is 0.208 e. The maximum Gasteiger partial charge on any atom is 0.208 e. The van der Waals surface area contributed by atoms with Crippen molar-refractivity contribution in [3.63, 3.8) is 0 Å². The van der Waals surface area contributed by atoms with Gasteiger partial charge in [-0.05, 0) is 25.0 Å². The van der Waals surface area contributed by atoms with E-state index >= 15 is 0 Å². The Morgan fingerprint density at radius 2 is 1.89 bits per heavy atom. The van der Waals surface area contributed by atoms with Gasteiger partial charge in [0.1, 0.15) is 0 Å². The minimum absolute atomic E-state index is 0.431. The molecule has 0 fully saturated rings. The molecule has 2 rings (SSSR count). The average Bonchev–Trinajstić information content (AvgIpc) is 2.75. The first-order valence-corrected chi connectivity index (χ1v) is 6.32. The molecular formula is C15H20N2O. The van der Waals surface area contributed by atoms with Gasteiger partial charge in [0.2, 0.25) is 5.89 Å². The van der Waals surface area contributed by atoms with Crippen LogP contribution in [0.1, 0.15) is 30.9 Å². The van der Waals surface area contributed by atoms with Crippen LogP contribution < -0.4 is 5.32 Å². The zero-order valence-electron chi connectivity index (χ0n) is 11.4. The van der Waals surface area contributed by atoms with Gasteiger partial charge in [-0.15, -0.1) is 0 Å². The van der Waals surface area contributed by atoms with E-state index in [4.69, 9.17) is 4.42 Å². The molecule has 0 bridgehead atoms. The van der Waals surface area contributed by atoms with Crippen LogP contribution in [0, 0.1) is 13.8 Å². The number of rotatable bonds is 4. The van der Waals surface area contributed by atoms with Crippen LogP contribution >= 0.6 is 0 Å². The molecule has 0 aliphatic heterocycles.